The van der Waals surface area contributed by atoms with Crippen LogP contribution in [-0.4, -0.2) is 30.1 Å². The molecule has 1 aliphatic heterocycles. The molecule has 158 valence electrons. The van der Waals surface area contributed by atoms with Gasteiger partial charge < -0.3 is 5.32 Å². The van der Waals surface area contributed by atoms with E-state index < -0.39 is 26.9 Å². The quantitative estimate of drug-likeness (QED) is 0.490. The van der Waals surface area contributed by atoms with Gasteiger partial charge in [0.25, 0.3) is 21.6 Å². The molecule has 0 spiro atoms. The fourth-order valence-electron chi connectivity index (χ4n) is 3.48. The average molecular weight is 437 g/mol. The van der Waals surface area contributed by atoms with E-state index in [4.69, 9.17) is 0 Å². The monoisotopic (exact) mass is 437 g/mol. The molecule has 1 unspecified atom stereocenters. The fraction of sp³-hybridized carbons (Fsp3) is 0.136. The Morgan fingerprint density at radius 2 is 1.71 bits per heavy atom. The van der Waals surface area contributed by atoms with Crippen LogP contribution in [-0.2, 0) is 10.0 Å². The lowest BCUT2D eigenvalue weighted by molar-refractivity contribution is -0.384. The number of aryl methyl sites for hydroxylation is 1. The Morgan fingerprint density at radius 3 is 2.35 bits per heavy atom. The molecular formula is C22H19N3O5S. The van der Waals surface area contributed by atoms with E-state index in [-0.39, 0.29) is 22.7 Å². The lowest BCUT2D eigenvalue weighted by Gasteiger charge is -2.25. The van der Waals surface area contributed by atoms with Crippen molar-refractivity contribution in [2.75, 3.05) is 11.9 Å². The van der Waals surface area contributed by atoms with Gasteiger partial charge in [-0.25, -0.2) is 12.7 Å². The first-order chi connectivity index (χ1) is 14.8. The van der Waals surface area contributed by atoms with Crippen molar-refractivity contribution in [2.24, 2.45) is 0 Å². The molecule has 3 aromatic carbocycles. The predicted molar refractivity (Wildman–Crippen MR) is 115 cm³/mol. The molecule has 1 N–H and O–H groups in total. The van der Waals surface area contributed by atoms with Crippen molar-refractivity contribution in [1.82, 2.24) is 4.31 Å². The van der Waals surface area contributed by atoms with Crippen LogP contribution < -0.4 is 5.32 Å². The maximum Gasteiger partial charge on any atom is 0.270 e. The number of rotatable bonds is 4. The summed E-state index contributed by atoms with van der Waals surface area (Å²) in [5.74, 6) is -0.815. The van der Waals surface area contributed by atoms with E-state index in [2.05, 4.69) is 5.32 Å². The SMILES string of the molecule is Cc1ccc(S(=O)(=O)N2CC(c3ccccc3)Nc3ccc([N+](=O)[O-])cc3C2=O)cc1. The van der Waals surface area contributed by atoms with Crippen LogP contribution in [0.4, 0.5) is 11.4 Å². The number of sulfonamides is 1. The molecule has 0 saturated carbocycles. The topological polar surface area (TPSA) is 110 Å². The molecule has 1 aliphatic rings. The Labute approximate surface area is 179 Å². The van der Waals surface area contributed by atoms with E-state index in [0.29, 0.717) is 5.69 Å². The fourth-order valence-corrected chi connectivity index (χ4v) is 4.88. The lowest BCUT2D eigenvalue weighted by Crippen LogP contribution is -2.39. The summed E-state index contributed by atoms with van der Waals surface area (Å²) in [6, 6.07) is 18.6. The molecule has 1 amide bonds. The first-order valence-electron chi connectivity index (χ1n) is 9.51. The van der Waals surface area contributed by atoms with Crippen LogP contribution in [0.2, 0.25) is 0 Å². The normalized spacial score (nSPS) is 16.2. The summed E-state index contributed by atoms with van der Waals surface area (Å²) >= 11 is 0. The van der Waals surface area contributed by atoms with E-state index in [1.54, 1.807) is 12.1 Å². The Hall–Kier alpha value is -3.72. The molecule has 31 heavy (non-hydrogen) atoms. The van der Waals surface area contributed by atoms with Crippen molar-refractivity contribution in [3.63, 3.8) is 0 Å². The number of nitrogens with zero attached hydrogens (tertiary/aromatic N) is 2. The Kier molecular flexibility index (Phi) is 5.20. The lowest BCUT2D eigenvalue weighted by atomic mass is 10.1. The number of nitro groups is 1. The molecule has 0 saturated heterocycles. The highest BCUT2D eigenvalue weighted by Gasteiger charge is 2.37. The molecule has 0 bridgehead atoms. The smallest absolute Gasteiger partial charge is 0.270 e. The molecule has 0 aromatic heterocycles. The first-order valence-corrected chi connectivity index (χ1v) is 10.9. The summed E-state index contributed by atoms with van der Waals surface area (Å²) in [6.45, 7) is 1.67. The van der Waals surface area contributed by atoms with Crippen LogP contribution in [0.25, 0.3) is 0 Å². The third-order valence-electron chi connectivity index (χ3n) is 5.16. The second-order valence-electron chi connectivity index (χ2n) is 7.25. The van der Waals surface area contributed by atoms with Gasteiger partial charge in [-0.15, -0.1) is 0 Å². The zero-order valence-corrected chi connectivity index (χ0v) is 17.4. The van der Waals surface area contributed by atoms with Gasteiger partial charge in [0.1, 0.15) is 0 Å². The summed E-state index contributed by atoms with van der Waals surface area (Å²) in [6.07, 6.45) is 0. The van der Waals surface area contributed by atoms with Crippen molar-refractivity contribution in [3.05, 3.63) is 99.6 Å². The number of non-ortho nitro benzene ring substituents is 1. The Morgan fingerprint density at radius 1 is 1.03 bits per heavy atom. The van der Waals surface area contributed by atoms with Crippen molar-refractivity contribution in [3.8, 4) is 0 Å². The van der Waals surface area contributed by atoms with Gasteiger partial charge in [-0.05, 0) is 30.7 Å². The highest BCUT2D eigenvalue weighted by molar-refractivity contribution is 7.89. The highest BCUT2D eigenvalue weighted by Crippen LogP contribution is 2.33. The van der Waals surface area contributed by atoms with Crippen LogP contribution in [0.5, 0.6) is 0 Å². The van der Waals surface area contributed by atoms with Gasteiger partial charge in [0.2, 0.25) is 0 Å². The minimum atomic E-state index is -4.19. The molecule has 0 fully saturated rings. The van der Waals surface area contributed by atoms with Gasteiger partial charge in [0.05, 0.1) is 28.0 Å². The van der Waals surface area contributed by atoms with Crippen LogP contribution in [0.3, 0.4) is 0 Å². The first kappa shape index (κ1) is 20.5. The molecule has 0 radical (unpaired) electrons. The van der Waals surface area contributed by atoms with E-state index in [0.717, 1.165) is 21.5 Å². The van der Waals surface area contributed by atoms with E-state index in [1.165, 1.54) is 24.3 Å². The Balaban J connectivity index is 1.87. The number of fused-ring (bicyclic) bond motifs is 1. The predicted octanol–water partition coefficient (Wildman–Crippen LogP) is 3.90. The van der Waals surface area contributed by atoms with Gasteiger partial charge in [0, 0.05) is 17.8 Å². The van der Waals surface area contributed by atoms with Gasteiger partial charge in [-0.2, -0.15) is 0 Å². The van der Waals surface area contributed by atoms with Crippen molar-refractivity contribution in [1.29, 1.82) is 0 Å². The summed E-state index contributed by atoms with van der Waals surface area (Å²) < 4.78 is 27.6. The summed E-state index contributed by atoms with van der Waals surface area (Å²) in [5.41, 5.74) is 1.64. The molecule has 3 aromatic rings. The summed E-state index contributed by atoms with van der Waals surface area (Å²) in [5, 5.41) is 14.4. The average Bonchev–Trinajstić information content (AvgIpc) is 2.91. The second-order valence-corrected chi connectivity index (χ2v) is 9.11. The second kappa shape index (κ2) is 7.84. The van der Waals surface area contributed by atoms with Gasteiger partial charge in [-0.1, -0.05) is 48.0 Å². The summed E-state index contributed by atoms with van der Waals surface area (Å²) in [7, 11) is -4.19. The molecule has 1 heterocycles. The molecule has 8 nitrogen and oxygen atoms in total. The Bertz CT molecular complexity index is 1260. The maximum absolute atomic E-state index is 13.4. The van der Waals surface area contributed by atoms with Crippen LogP contribution in [0, 0.1) is 17.0 Å². The van der Waals surface area contributed by atoms with E-state index in [1.807, 2.05) is 37.3 Å². The molecule has 9 heteroatoms. The maximum atomic E-state index is 13.4. The largest absolute Gasteiger partial charge is 0.376 e. The number of amides is 1. The third-order valence-corrected chi connectivity index (χ3v) is 6.92. The minimum absolute atomic E-state index is 0.0212. The summed E-state index contributed by atoms with van der Waals surface area (Å²) in [4.78, 5) is 24.0. The number of carbonyl (C=O) groups excluding carboxylic acids is 1. The number of anilines is 1. The van der Waals surface area contributed by atoms with Gasteiger partial charge >= 0.3 is 0 Å². The molecular weight excluding hydrogens is 418 g/mol. The van der Waals surface area contributed by atoms with Crippen LogP contribution in [0.15, 0.2) is 77.7 Å². The zero-order chi connectivity index (χ0) is 22.2. The number of hydrogen-bond donors (Lipinski definition) is 1. The number of carbonyl (C=O) groups is 1. The van der Waals surface area contributed by atoms with Crippen LogP contribution in [0.1, 0.15) is 27.5 Å². The highest BCUT2D eigenvalue weighted by atomic mass is 32.2. The molecule has 1 atom stereocenters. The minimum Gasteiger partial charge on any atom is -0.376 e. The molecule has 0 aliphatic carbocycles. The zero-order valence-electron chi connectivity index (χ0n) is 16.6. The van der Waals surface area contributed by atoms with E-state index in [9.17, 15) is 23.3 Å². The number of benzene rings is 3. The molecule has 4 rings (SSSR count). The van der Waals surface area contributed by atoms with Crippen molar-refractivity contribution >= 4 is 27.3 Å². The van der Waals surface area contributed by atoms with Gasteiger partial charge in [-0.3, -0.25) is 14.9 Å². The van der Waals surface area contributed by atoms with Crippen molar-refractivity contribution < 1.29 is 18.1 Å². The van der Waals surface area contributed by atoms with Crippen molar-refractivity contribution in [2.45, 2.75) is 17.9 Å². The third kappa shape index (κ3) is 3.87. The standard InChI is InChI=1S/C22H19N3O5S/c1-15-7-10-18(11-8-15)31(29,30)24-14-21(16-5-3-2-4-6-16)23-20-12-9-17(25(27)28)13-19(20)22(24)26/h2-13,21,23H,14H2,1H3. The number of nitro benzene ring substituents is 1. The van der Waals surface area contributed by atoms with E-state index >= 15 is 0 Å². The number of hydrogen-bond acceptors (Lipinski definition) is 6. The van der Waals surface area contributed by atoms with Crippen LogP contribution >= 0.6 is 0 Å². The number of nitrogens with one attached hydrogen (secondary N) is 1. The van der Waals surface area contributed by atoms with Gasteiger partial charge in [0.15, 0.2) is 0 Å².